The Balaban J connectivity index is 4.33. The molecule has 0 bridgehead atoms. The third-order valence-electron chi connectivity index (χ3n) is 1.01. The zero-order valence-electron chi connectivity index (χ0n) is 5.44. The van der Waals surface area contributed by atoms with Gasteiger partial charge in [0.25, 0.3) is 0 Å². The monoisotopic (exact) mass is 223 g/mol. The molecule has 0 heterocycles. The molecule has 2 N–H and O–H groups in total. The van der Waals surface area contributed by atoms with Gasteiger partial charge in [-0.15, -0.1) is 0 Å². The van der Waals surface area contributed by atoms with E-state index in [2.05, 4.69) is 26.0 Å². The lowest BCUT2D eigenvalue weighted by molar-refractivity contribution is -0.154. The average molecular weight is 224 g/mol. The van der Waals surface area contributed by atoms with Crippen molar-refractivity contribution in [2.45, 2.75) is 5.60 Å². The molecule has 0 spiro atoms. The zero-order chi connectivity index (χ0) is 8.91. The number of carboxylic acids is 1. The van der Waals surface area contributed by atoms with Crippen LogP contribution in [0.1, 0.15) is 0 Å². The quantitative estimate of drug-likeness (QED) is 0.314. The third kappa shape index (κ3) is 2.75. The Bertz CT molecular complexity index is 203. The van der Waals surface area contributed by atoms with Gasteiger partial charge < -0.3 is 10.2 Å². The molecule has 11 heavy (non-hydrogen) atoms. The van der Waals surface area contributed by atoms with Crippen molar-refractivity contribution in [1.82, 2.24) is 0 Å². The summed E-state index contributed by atoms with van der Waals surface area (Å²) >= 11 is 2.79. The van der Waals surface area contributed by atoms with Crippen molar-refractivity contribution in [2.75, 3.05) is 11.9 Å². The summed E-state index contributed by atoms with van der Waals surface area (Å²) in [7, 11) is 0. The molecule has 62 valence electrons. The van der Waals surface area contributed by atoms with E-state index in [9.17, 15) is 4.79 Å². The van der Waals surface area contributed by atoms with Crippen molar-refractivity contribution in [3.63, 3.8) is 0 Å². The number of carboxylic acid groups (broad SMARTS) is 1. The standard InChI is InChI=1S/C4H6BrN3O3/c5-1-4(11,3(9)10)2-7-8-6/h11H,1-2H2,(H,9,10)/t4-/m1/s1. The van der Waals surface area contributed by atoms with Crippen LogP contribution in [0.2, 0.25) is 0 Å². The first-order valence-electron chi connectivity index (χ1n) is 2.59. The number of rotatable bonds is 4. The second kappa shape index (κ2) is 4.17. The highest BCUT2D eigenvalue weighted by atomic mass is 79.9. The minimum absolute atomic E-state index is 0.172. The van der Waals surface area contributed by atoms with Gasteiger partial charge in [-0.3, -0.25) is 0 Å². The number of nitrogens with zero attached hydrogens (tertiary/aromatic N) is 3. The van der Waals surface area contributed by atoms with Gasteiger partial charge in [0.05, 0.1) is 6.54 Å². The van der Waals surface area contributed by atoms with Crippen LogP contribution < -0.4 is 0 Å². The van der Waals surface area contributed by atoms with Gasteiger partial charge in [0.2, 0.25) is 0 Å². The fourth-order valence-corrected chi connectivity index (χ4v) is 0.733. The van der Waals surface area contributed by atoms with Gasteiger partial charge in [-0.05, 0) is 5.53 Å². The molecule has 0 fully saturated rings. The van der Waals surface area contributed by atoms with Gasteiger partial charge in [-0.25, -0.2) is 4.79 Å². The maximum atomic E-state index is 10.3. The Kier molecular flexibility index (Phi) is 3.88. The number of hydrogen-bond donors (Lipinski definition) is 2. The van der Waals surface area contributed by atoms with E-state index in [4.69, 9.17) is 15.7 Å². The second-order valence-corrected chi connectivity index (χ2v) is 2.42. The molecule has 0 aliphatic rings. The van der Waals surface area contributed by atoms with Crippen LogP contribution in [0.4, 0.5) is 0 Å². The summed E-state index contributed by atoms with van der Waals surface area (Å²) in [4.78, 5) is 12.6. The predicted molar refractivity (Wildman–Crippen MR) is 40.4 cm³/mol. The van der Waals surface area contributed by atoms with Gasteiger partial charge >= 0.3 is 5.97 Å². The molecule has 7 heteroatoms. The van der Waals surface area contributed by atoms with Gasteiger partial charge in [-0.1, -0.05) is 21.0 Å². The van der Waals surface area contributed by atoms with Gasteiger partial charge in [0.15, 0.2) is 5.60 Å². The van der Waals surface area contributed by atoms with Crippen LogP contribution in [0.3, 0.4) is 0 Å². The van der Waals surface area contributed by atoms with E-state index in [-0.39, 0.29) is 5.33 Å². The molecule has 0 aromatic rings. The summed E-state index contributed by atoms with van der Waals surface area (Å²) < 4.78 is 0. The van der Waals surface area contributed by atoms with Crippen LogP contribution in [0.5, 0.6) is 0 Å². The number of alkyl halides is 1. The number of hydrogen-bond acceptors (Lipinski definition) is 3. The van der Waals surface area contributed by atoms with Crippen LogP contribution in [0, 0.1) is 0 Å². The van der Waals surface area contributed by atoms with E-state index < -0.39 is 18.1 Å². The fraction of sp³-hybridized carbons (Fsp3) is 0.750. The first kappa shape index (κ1) is 10.2. The Morgan fingerprint density at radius 3 is 2.64 bits per heavy atom. The molecule has 0 aliphatic carbocycles. The predicted octanol–water partition coefficient (Wildman–Crippen LogP) is 0.507. The highest BCUT2D eigenvalue weighted by Gasteiger charge is 2.33. The van der Waals surface area contributed by atoms with Crippen molar-refractivity contribution in [2.24, 2.45) is 5.11 Å². The first-order chi connectivity index (χ1) is 5.06. The van der Waals surface area contributed by atoms with Crippen LogP contribution in [0.15, 0.2) is 5.11 Å². The fourth-order valence-electron chi connectivity index (χ4n) is 0.316. The van der Waals surface area contributed by atoms with E-state index >= 15 is 0 Å². The lowest BCUT2D eigenvalue weighted by atomic mass is 10.1. The number of aliphatic hydroxyl groups is 1. The van der Waals surface area contributed by atoms with E-state index in [1.165, 1.54) is 0 Å². The first-order valence-corrected chi connectivity index (χ1v) is 3.71. The number of carbonyl (C=O) groups is 1. The van der Waals surface area contributed by atoms with Crippen molar-refractivity contribution in [3.05, 3.63) is 10.4 Å². The molecule has 0 rings (SSSR count). The van der Waals surface area contributed by atoms with Crippen molar-refractivity contribution in [1.29, 1.82) is 0 Å². The Morgan fingerprint density at radius 2 is 2.36 bits per heavy atom. The molecule has 0 radical (unpaired) electrons. The molecule has 0 saturated carbocycles. The summed E-state index contributed by atoms with van der Waals surface area (Å²) in [6.07, 6.45) is 0. The second-order valence-electron chi connectivity index (χ2n) is 1.86. The summed E-state index contributed by atoms with van der Waals surface area (Å²) in [5.74, 6) is -1.42. The molecule has 1 atom stereocenters. The molecular weight excluding hydrogens is 218 g/mol. The zero-order valence-corrected chi connectivity index (χ0v) is 7.02. The van der Waals surface area contributed by atoms with Crippen LogP contribution in [-0.4, -0.2) is 33.7 Å². The maximum absolute atomic E-state index is 10.3. The lowest BCUT2D eigenvalue weighted by Crippen LogP contribution is -2.43. The number of azide groups is 1. The van der Waals surface area contributed by atoms with Gasteiger partial charge in [0, 0.05) is 10.2 Å². The number of aliphatic carboxylic acids is 1. The van der Waals surface area contributed by atoms with E-state index in [0.29, 0.717) is 0 Å². The molecule has 0 amide bonds. The maximum Gasteiger partial charge on any atom is 0.336 e. The van der Waals surface area contributed by atoms with Gasteiger partial charge in [0.1, 0.15) is 0 Å². The van der Waals surface area contributed by atoms with Crippen molar-refractivity contribution >= 4 is 21.9 Å². The molecule has 0 aliphatic heterocycles. The van der Waals surface area contributed by atoms with Crippen LogP contribution in [-0.2, 0) is 4.79 Å². The van der Waals surface area contributed by atoms with E-state index in [1.807, 2.05) is 0 Å². The Hall–Kier alpha value is -0.780. The molecule has 0 aromatic carbocycles. The largest absolute Gasteiger partial charge is 0.479 e. The number of halogens is 1. The minimum atomic E-state index is -1.99. The van der Waals surface area contributed by atoms with Gasteiger partial charge in [-0.2, -0.15) is 0 Å². The summed E-state index contributed by atoms with van der Waals surface area (Å²) in [6, 6.07) is 0. The highest BCUT2D eigenvalue weighted by Crippen LogP contribution is 2.09. The molecule has 0 aromatic heterocycles. The topological polar surface area (TPSA) is 106 Å². The lowest BCUT2D eigenvalue weighted by Gasteiger charge is -2.16. The Labute approximate surface area is 70.6 Å². The van der Waals surface area contributed by atoms with Crippen LogP contribution in [0.25, 0.3) is 10.4 Å². The summed E-state index contributed by atoms with van der Waals surface area (Å²) in [5, 5.41) is 20.3. The summed E-state index contributed by atoms with van der Waals surface area (Å²) in [5.41, 5.74) is 5.85. The average Bonchev–Trinajstić information content (AvgIpc) is 2.00. The Morgan fingerprint density at radius 1 is 1.82 bits per heavy atom. The smallest absolute Gasteiger partial charge is 0.336 e. The molecule has 6 nitrogen and oxygen atoms in total. The van der Waals surface area contributed by atoms with Crippen molar-refractivity contribution < 1.29 is 15.0 Å². The normalized spacial score (nSPS) is 14.7. The molecule has 0 unspecified atom stereocenters. The van der Waals surface area contributed by atoms with E-state index in [1.54, 1.807) is 0 Å². The minimum Gasteiger partial charge on any atom is -0.479 e. The summed E-state index contributed by atoms with van der Waals surface area (Å²) in [6.45, 7) is -0.482. The van der Waals surface area contributed by atoms with Crippen LogP contribution >= 0.6 is 15.9 Å². The highest BCUT2D eigenvalue weighted by molar-refractivity contribution is 9.09. The molecule has 0 saturated heterocycles. The van der Waals surface area contributed by atoms with E-state index in [0.717, 1.165) is 0 Å². The third-order valence-corrected chi connectivity index (χ3v) is 1.94. The SMILES string of the molecule is [N-]=[N+]=NC[C@](O)(CBr)C(=O)O. The van der Waals surface area contributed by atoms with Crippen molar-refractivity contribution in [3.8, 4) is 0 Å². The molecular formula is C4H6BrN3O3.